The number of hydrogen-bond donors (Lipinski definition) is 3. The van der Waals surface area contributed by atoms with Crippen LogP contribution in [0.2, 0.25) is 0 Å². The van der Waals surface area contributed by atoms with Gasteiger partial charge in [0.25, 0.3) is 5.56 Å². The monoisotopic (exact) mass is 321 g/mol. The second kappa shape index (κ2) is 5.59. The summed E-state index contributed by atoms with van der Waals surface area (Å²) in [7, 11) is 0. The molecule has 0 fully saturated rings. The lowest BCUT2D eigenvalue weighted by atomic mass is 10.1. The number of hydrogen-bond acceptors (Lipinski definition) is 4. The van der Waals surface area contributed by atoms with Gasteiger partial charge in [-0.05, 0) is 35.7 Å². The summed E-state index contributed by atoms with van der Waals surface area (Å²) >= 11 is 0. The van der Waals surface area contributed by atoms with Crippen LogP contribution >= 0.6 is 0 Å². The summed E-state index contributed by atoms with van der Waals surface area (Å²) in [5, 5.41) is 10.5. The van der Waals surface area contributed by atoms with Crippen molar-refractivity contribution in [2.45, 2.75) is 6.18 Å². The van der Waals surface area contributed by atoms with E-state index in [0.29, 0.717) is 16.5 Å². The first kappa shape index (κ1) is 14.8. The van der Waals surface area contributed by atoms with Crippen LogP contribution in [0.15, 0.2) is 46.4 Å². The molecule has 3 aromatic rings. The molecule has 0 aliphatic rings. The minimum absolute atomic E-state index is 0.0436. The van der Waals surface area contributed by atoms with E-state index in [-0.39, 0.29) is 11.3 Å². The number of alkyl halides is 3. The third kappa shape index (κ3) is 3.23. The highest BCUT2D eigenvalue weighted by atomic mass is 19.4. The Kier molecular flexibility index (Phi) is 3.61. The Morgan fingerprint density at radius 1 is 1.22 bits per heavy atom. The van der Waals surface area contributed by atoms with Crippen molar-refractivity contribution in [2.75, 3.05) is 5.43 Å². The van der Waals surface area contributed by atoms with E-state index in [4.69, 9.17) is 0 Å². The van der Waals surface area contributed by atoms with Crippen molar-refractivity contribution < 1.29 is 13.2 Å². The van der Waals surface area contributed by atoms with Gasteiger partial charge in [0, 0.05) is 11.6 Å². The average Bonchev–Trinajstić information content (AvgIpc) is 2.96. The molecule has 0 amide bonds. The van der Waals surface area contributed by atoms with Crippen molar-refractivity contribution in [3.63, 3.8) is 0 Å². The summed E-state index contributed by atoms with van der Waals surface area (Å²) in [4.78, 5) is 14.1. The molecule has 3 rings (SSSR count). The van der Waals surface area contributed by atoms with Crippen LogP contribution in [0, 0.1) is 0 Å². The van der Waals surface area contributed by atoms with Gasteiger partial charge in [-0.1, -0.05) is 0 Å². The van der Waals surface area contributed by atoms with Gasteiger partial charge in [-0.3, -0.25) is 15.3 Å². The molecule has 23 heavy (non-hydrogen) atoms. The highest BCUT2D eigenvalue weighted by Gasteiger charge is 2.32. The quantitative estimate of drug-likeness (QED) is 0.512. The largest absolute Gasteiger partial charge is 0.432 e. The summed E-state index contributed by atoms with van der Waals surface area (Å²) in [6.45, 7) is 0. The van der Waals surface area contributed by atoms with Gasteiger partial charge in [-0.15, -0.1) is 0 Å². The highest BCUT2D eigenvalue weighted by Crippen LogP contribution is 2.27. The fourth-order valence-corrected chi connectivity index (χ4v) is 1.98. The maximum atomic E-state index is 12.4. The molecule has 0 radical (unpaired) electrons. The van der Waals surface area contributed by atoms with Gasteiger partial charge < -0.3 is 4.98 Å². The van der Waals surface area contributed by atoms with E-state index in [9.17, 15) is 18.0 Å². The van der Waals surface area contributed by atoms with Crippen molar-refractivity contribution >= 4 is 22.7 Å². The maximum absolute atomic E-state index is 12.4. The Hall–Kier alpha value is -3.10. The minimum atomic E-state index is -4.47. The molecule has 2 heterocycles. The van der Waals surface area contributed by atoms with Gasteiger partial charge >= 0.3 is 6.18 Å². The Bertz CT molecular complexity index is 926. The highest BCUT2D eigenvalue weighted by molar-refractivity contribution is 5.85. The number of aromatic amines is 2. The van der Waals surface area contributed by atoms with Crippen molar-refractivity contribution in [1.82, 2.24) is 15.2 Å². The second-order valence-electron chi connectivity index (χ2n) is 4.68. The third-order valence-corrected chi connectivity index (χ3v) is 3.07. The molecule has 2 aromatic heterocycles. The molecule has 0 saturated heterocycles. The molecule has 6 nitrogen and oxygen atoms in total. The fraction of sp³-hybridized carbons (Fsp3) is 0.0714. The lowest BCUT2D eigenvalue weighted by molar-refractivity contribution is -0.141. The average molecular weight is 321 g/mol. The Morgan fingerprint density at radius 3 is 2.78 bits per heavy atom. The van der Waals surface area contributed by atoms with E-state index in [1.165, 1.54) is 6.20 Å². The number of anilines is 1. The number of halogens is 3. The first-order valence-electron chi connectivity index (χ1n) is 6.46. The number of hydrazone groups is 1. The first-order valence-corrected chi connectivity index (χ1v) is 6.46. The molecule has 0 bridgehead atoms. The van der Waals surface area contributed by atoms with E-state index in [2.05, 4.69) is 20.6 Å². The molecule has 118 valence electrons. The minimum Gasteiger partial charge on any atom is -0.329 e. The number of rotatable bonds is 3. The Balaban J connectivity index is 1.75. The Labute approximate surface area is 127 Å². The third-order valence-electron chi connectivity index (χ3n) is 3.07. The SMILES string of the molecule is O=c1[nH]ccc2cc(N/N=C/c3cc(C(F)(F)F)[nH]n3)ccc12. The number of aromatic nitrogens is 3. The summed E-state index contributed by atoms with van der Waals surface area (Å²) in [5.41, 5.74) is 2.17. The topological polar surface area (TPSA) is 85.9 Å². The van der Waals surface area contributed by atoms with Crippen LogP contribution in [0.3, 0.4) is 0 Å². The summed E-state index contributed by atoms with van der Waals surface area (Å²) in [6, 6.07) is 7.55. The van der Waals surface area contributed by atoms with Crippen LogP contribution in [0.5, 0.6) is 0 Å². The number of benzene rings is 1. The zero-order valence-corrected chi connectivity index (χ0v) is 11.5. The first-order chi connectivity index (χ1) is 10.9. The summed E-state index contributed by atoms with van der Waals surface area (Å²) in [5.74, 6) is 0. The molecule has 1 aromatic carbocycles. The number of nitrogens with one attached hydrogen (secondary N) is 3. The van der Waals surface area contributed by atoms with Crippen molar-refractivity contribution in [3.05, 3.63) is 58.3 Å². The van der Waals surface area contributed by atoms with Crippen LogP contribution in [0.4, 0.5) is 18.9 Å². The summed E-state index contributed by atoms with van der Waals surface area (Å²) < 4.78 is 37.2. The van der Waals surface area contributed by atoms with Crippen molar-refractivity contribution in [1.29, 1.82) is 0 Å². The molecule has 0 unspecified atom stereocenters. The fourth-order valence-electron chi connectivity index (χ4n) is 1.98. The number of nitrogens with zero attached hydrogens (tertiary/aromatic N) is 2. The summed E-state index contributed by atoms with van der Waals surface area (Å²) in [6.07, 6.45) is -1.79. The zero-order valence-electron chi connectivity index (χ0n) is 11.5. The van der Waals surface area contributed by atoms with E-state index in [0.717, 1.165) is 12.3 Å². The molecule has 0 spiro atoms. The molecule has 3 N–H and O–H groups in total. The molecule has 0 aliphatic heterocycles. The van der Waals surface area contributed by atoms with Crippen LogP contribution in [-0.2, 0) is 6.18 Å². The van der Waals surface area contributed by atoms with E-state index in [1.807, 2.05) is 5.10 Å². The molecule has 9 heteroatoms. The van der Waals surface area contributed by atoms with Crippen LogP contribution in [0.25, 0.3) is 10.8 Å². The number of H-pyrrole nitrogens is 2. The van der Waals surface area contributed by atoms with Gasteiger partial charge in [0.1, 0.15) is 11.4 Å². The molecular formula is C14H10F3N5O. The standard InChI is InChI=1S/C14H10F3N5O/c15-14(16,17)12-6-10(21-22-12)7-19-20-9-1-2-11-8(5-9)3-4-18-13(11)23/h1-7,20H,(H,18,23)(H,21,22)/b19-7+. The molecular weight excluding hydrogens is 311 g/mol. The molecule has 0 atom stereocenters. The maximum Gasteiger partial charge on any atom is 0.432 e. The van der Waals surface area contributed by atoms with Crippen LogP contribution in [0.1, 0.15) is 11.4 Å². The molecule has 0 aliphatic carbocycles. The number of fused-ring (bicyclic) bond motifs is 1. The van der Waals surface area contributed by atoms with Gasteiger partial charge in [0.15, 0.2) is 0 Å². The van der Waals surface area contributed by atoms with E-state index in [1.54, 1.807) is 24.3 Å². The van der Waals surface area contributed by atoms with Gasteiger partial charge in [-0.2, -0.15) is 23.4 Å². The van der Waals surface area contributed by atoms with Crippen molar-refractivity contribution in [3.8, 4) is 0 Å². The lowest BCUT2D eigenvalue weighted by Gasteiger charge is -2.01. The zero-order chi connectivity index (χ0) is 16.4. The van der Waals surface area contributed by atoms with Gasteiger partial charge in [-0.25, -0.2) is 0 Å². The predicted molar refractivity (Wildman–Crippen MR) is 79.4 cm³/mol. The molecule has 0 saturated carbocycles. The Morgan fingerprint density at radius 2 is 2.04 bits per heavy atom. The van der Waals surface area contributed by atoms with Gasteiger partial charge in [0.05, 0.1) is 11.9 Å². The van der Waals surface area contributed by atoms with Crippen molar-refractivity contribution in [2.24, 2.45) is 5.10 Å². The smallest absolute Gasteiger partial charge is 0.329 e. The second-order valence-corrected chi connectivity index (χ2v) is 4.68. The normalized spacial score (nSPS) is 12.1. The predicted octanol–water partition coefficient (Wildman–Crippen LogP) is 2.72. The van der Waals surface area contributed by atoms with E-state index < -0.39 is 11.9 Å². The number of pyridine rings is 1. The van der Waals surface area contributed by atoms with Gasteiger partial charge in [0.2, 0.25) is 0 Å². The van der Waals surface area contributed by atoms with Crippen LogP contribution in [-0.4, -0.2) is 21.4 Å². The van der Waals surface area contributed by atoms with Crippen LogP contribution < -0.4 is 11.0 Å². The lowest BCUT2D eigenvalue weighted by Crippen LogP contribution is -2.04. The van der Waals surface area contributed by atoms with E-state index >= 15 is 0 Å².